The van der Waals surface area contributed by atoms with Crippen LogP contribution in [0.4, 0.5) is 5.69 Å². The second-order valence-corrected chi connectivity index (χ2v) is 8.59. The van der Waals surface area contributed by atoms with Gasteiger partial charge in [-0.1, -0.05) is 34.1 Å². The zero-order chi connectivity index (χ0) is 23.4. The highest BCUT2D eigenvalue weighted by Crippen LogP contribution is 2.24. The second kappa shape index (κ2) is 9.95. The van der Waals surface area contributed by atoms with Crippen LogP contribution in [-0.4, -0.2) is 41.9 Å². The average molecular weight is 502 g/mol. The van der Waals surface area contributed by atoms with Gasteiger partial charge in [0.15, 0.2) is 6.61 Å². The van der Waals surface area contributed by atoms with Crippen LogP contribution in [0.2, 0.25) is 0 Å². The van der Waals surface area contributed by atoms with E-state index in [2.05, 4.69) is 26.7 Å². The Bertz CT molecular complexity index is 1090. The number of hydrogen-bond acceptors (Lipinski definition) is 5. The van der Waals surface area contributed by atoms with Gasteiger partial charge in [0.25, 0.3) is 11.8 Å². The van der Waals surface area contributed by atoms with Crippen LogP contribution in [0.25, 0.3) is 0 Å². The van der Waals surface area contributed by atoms with Gasteiger partial charge in [0.05, 0.1) is 12.5 Å². The first-order chi connectivity index (χ1) is 15.2. The van der Waals surface area contributed by atoms with Crippen LogP contribution in [0.1, 0.15) is 33.5 Å². The molecule has 1 aliphatic rings. The van der Waals surface area contributed by atoms with E-state index in [1.54, 1.807) is 25.1 Å². The Morgan fingerprint density at radius 1 is 1.09 bits per heavy atom. The monoisotopic (exact) mass is 501 g/mol. The van der Waals surface area contributed by atoms with Crippen molar-refractivity contribution < 1.29 is 23.9 Å². The molecular weight excluding hydrogens is 478 g/mol. The maximum atomic E-state index is 12.4. The number of anilines is 1. The molecule has 0 saturated carbocycles. The van der Waals surface area contributed by atoms with Gasteiger partial charge in [-0.2, -0.15) is 0 Å². The number of nitrogens with zero attached hydrogens (tertiary/aromatic N) is 1. The topological polar surface area (TPSA) is 105 Å². The summed E-state index contributed by atoms with van der Waals surface area (Å²) < 4.78 is 6.04. The highest BCUT2D eigenvalue weighted by Gasteiger charge is 2.36. The van der Waals surface area contributed by atoms with Crippen LogP contribution in [0, 0.1) is 26.7 Å². The molecule has 0 bridgehead atoms. The molecule has 3 amide bonds. The summed E-state index contributed by atoms with van der Waals surface area (Å²) in [5, 5.41) is 3.84. The molecule has 8 nitrogen and oxygen atoms in total. The van der Waals surface area contributed by atoms with Crippen molar-refractivity contribution in [3.05, 3.63) is 63.1 Å². The first-order valence-electron chi connectivity index (χ1n) is 10.1. The number of carbonyl (C=O) groups is 4. The Hall–Kier alpha value is -3.20. The van der Waals surface area contributed by atoms with E-state index in [0.717, 1.165) is 26.2 Å². The predicted octanol–water partition coefficient (Wildman–Crippen LogP) is 3.05. The standard InChI is InChI=1S/C23H24BrN3O5/c1-13-6-4-5-7-17(13)22(30)26-27-11-16(10-21(27)29)23(31)32-12-20(28)25-19-9-14(2)18(24)8-15(19)3/h4-9,16H,10-12H2,1-3H3,(H,25,28)(H,26,30)/t16-/m1/s1. The van der Waals surface area contributed by atoms with Crippen molar-refractivity contribution in [3.63, 3.8) is 0 Å². The molecular formula is C23H24BrN3O5. The highest BCUT2D eigenvalue weighted by molar-refractivity contribution is 9.10. The number of aryl methyl sites for hydroxylation is 3. The Morgan fingerprint density at radius 3 is 2.53 bits per heavy atom. The van der Waals surface area contributed by atoms with Crippen molar-refractivity contribution in [2.75, 3.05) is 18.5 Å². The lowest BCUT2D eigenvalue weighted by atomic mass is 10.1. The smallest absolute Gasteiger partial charge is 0.311 e. The number of hydrazine groups is 1. The molecule has 9 heteroatoms. The summed E-state index contributed by atoms with van der Waals surface area (Å²) in [4.78, 5) is 49.2. The normalized spacial score (nSPS) is 15.4. The second-order valence-electron chi connectivity index (χ2n) is 7.73. The molecule has 2 N–H and O–H groups in total. The summed E-state index contributed by atoms with van der Waals surface area (Å²) in [7, 11) is 0. The summed E-state index contributed by atoms with van der Waals surface area (Å²) in [6.07, 6.45) is -0.0977. The third-order valence-electron chi connectivity index (χ3n) is 5.21. The molecule has 0 radical (unpaired) electrons. The fourth-order valence-corrected chi connectivity index (χ4v) is 3.80. The van der Waals surface area contributed by atoms with Crippen molar-refractivity contribution in [2.45, 2.75) is 27.2 Å². The summed E-state index contributed by atoms with van der Waals surface area (Å²) in [6, 6.07) is 10.7. The zero-order valence-electron chi connectivity index (χ0n) is 18.0. The van der Waals surface area contributed by atoms with Crippen molar-refractivity contribution in [2.24, 2.45) is 5.92 Å². The highest BCUT2D eigenvalue weighted by atomic mass is 79.9. The number of benzene rings is 2. The summed E-state index contributed by atoms with van der Waals surface area (Å²) in [6.45, 7) is 5.08. The van der Waals surface area contributed by atoms with Crippen LogP contribution < -0.4 is 10.7 Å². The molecule has 1 atom stereocenters. The number of amides is 3. The van der Waals surface area contributed by atoms with Gasteiger partial charge in [-0.05, 0) is 55.7 Å². The van der Waals surface area contributed by atoms with Gasteiger partial charge >= 0.3 is 5.97 Å². The number of hydrogen-bond donors (Lipinski definition) is 2. The number of ether oxygens (including phenoxy) is 1. The third kappa shape index (κ3) is 5.53. The van der Waals surface area contributed by atoms with Crippen LogP contribution >= 0.6 is 15.9 Å². The quantitative estimate of drug-likeness (QED) is 0.591. The lowest BCUT2D eigenvalue weighted by molar-refractivity contribution is -0.151. The number of esters is 1. The van der Waals surface area contributed by atoms with Gasteiger partial charge in [0, 0.05) is 22.1 Å². The Labute approximate surface area is 194 Å². The maximum Gasteiger partial charge on any atom is 0.311 e. The van der Waals surface area contributed by atoms with Crippen LogP contribution in [0.3, 0.4) is 0 Å². The van der Waals surface area contributed by atoms with E-state index < -0.39 is 30.3 Å². The van der Waals surface area contributed by atoms with E-state index in [-0.39, 0.29) is 18.9 Å². The number of halogens is 1. The minimum absolute atomic E-state index is 0.0120. The average Bonchev–Trinajstić information content (AvgIpc) is 3.10. The molecule has 0 aromatic heterocycles. The van der Waals surface area contributed by atoms with E-state index in [9.17, 15) is 19.2 Å². The van der Waals surface area contributed by atoms with Gasteiger partial charge in [-0.15, -0.1) is 0 Å². The minimum atomic E-state index is -0.760. The van der Waals surface area contributed by atoms with Crippen LogP contribution in [0.5, 0.6) is 0 Å². The van der Waals surface area contributed by atoms with Gasteiger partial charge in [0.1, 0.15) is 0 Å². The van der Waals surface area contributed by atoms with E-state index in [0.29, 0.717) is 11.3 Å². The molecule has 1 heterocycles. The lowest BCUT2D eigenvalue weighted by Gasteiger charge is -2.18. The molecule has 0 spiro atoms. The molecule has 1 saturated heterocycles. The van der Waals surface area contributed by atoms with Crippen molar-refractivity contribution in [1.29, 1.82) is 0 Å². The fourth-order valence-electron chi connectivity index (χ4n) is 3.34. The van der Waals surface area contributed by atoms with Crippen molar-refractivity contribution in [3.8, 4) is 0 Å². The number of nitrogens with one attached hydrogen (secondary N) is 2. The van der Waals surface area contributed by atoms with Crippen molar-refractivity contribution in [1.82, 2.24) is 10.4 Å². The lowest BCUT2D eigenvalue weighted by Crippen LogP contribution is -2.43. The van der Waals surface area contributed by atoms with Gasteiger partial charge in [0.2, 0.25) is 5.91 Å². The summed E-state index contributed by atoms with van der Waals surface area (Å²) >= 11 is 3.44. The molecule has 2 aromatic rings. The van der Waals surface area contributed by atoms with Gasteiger partial charge in [-0.3, -0.25) is 29.6 Å². The number of rotatable bonds is 6. The molecule has 168 valence electrons. The Kier molecular flexibility index (Phi) is 7.29. The molecule has 0 unspecified atom stereocenters. The molecule has 1 fully saturated rings. The van der Waals surface area contributed by atoms with Gasteiger partial charge < -0.3 is 10.1 Å². The third-order valence-corrected chi connectivity index (χ3v) is 6.06. The largest absolute Gasteiger partial charge is 0.455 e. The fraction of sp³-hybridized carbons (Fsp3) is 0.304. The molecule has 1 aliphatic heterocycles. The summed E-state index contributed by atoms with van der Waals surface area (Å²) in [5.41, 5.74) is 6.21. The van der Waals surface area contributed by atoms with E-state index in [4.69, 9.17) is 4.74 Å². The first kappa shape index (κ1) is 23.5. The van der Waals surface area contributed by atoms with E-state index >= 15 is 0 Å². The van der Waals surface area contributed by atoms with Gasteiger partial charge in [-0.25, -0.2) is 0 Å². The molecule has 32 heavy (non-hydrogen) atoms. The number of carbonyl (C=O) groups excluding carboxylic acids is 4. The Balaban J connectivity index is 1.51. The molecule has 3 rings (SSSR count). The van der Waals surface area contributed by atoms with Crippen LogP contribution in [0.15, 0.2) is 40.9 Å². The SMILES string of the molecule is Cc1cc(NC(=O)COC(=O)[C@@H]2CC(=O)N(NC(=O)c3ccccc3C)C2)c(C)cc1Br. The minimum Gasteiger partial charge on any atom is -0.455 e. The summed E-state index contributed by atoms with van der Waals surface area (Å²) in [5.74, 6) is -2.71. The Morgan fingerprint density at radius 2 is 1.81 bits per heavy atom. The maximum absolute atomic E-state index is 12.4. The van der Waals surface area contributed by atoms with Crippen LogP contribution in [-0.2, 0) is 19.1 Å². The zero-order valence-corrected chi connectivity index (χ0v) is 19.6. The van der Waals surface area contributed by atoms with Crippen molar-refractivity contribution >= 4 is 45.3 Å². The predicted molar refractivity (Wildman–Crippen MR) is 122 cm³/mol. The first-order valence-corrected chi connectivity index (χ1v) is 10.8. The molecule has 2 aromatic carbocycles. The molecule has 0 aliphatic carbocycles. The van der Waals surface area contributed by atoms with E-state index in [1.807, 2.05) is 32.0 Å². The van der Waals surface area contributed by atoms with E-state index in [1.165, 1.54) is 0 Å².